The number of carbonyl (C=O) groups excluding carboxylic acids is 1. The van der Waals surface area contributed by atoms with Gasteiger partial charge in [0.15, 0.2) is 6.10 Å². The minimum Gasteiger partial charge on any atom is -0.480 e. The number of rotatable bonds is 5. The summed E-state index contributed by atoms with van der Waals surface area (Å²) in [5.74, 6) is -1.28. The highest BCUT2D eigenvalue weighted by Gasteiger charge is 2.47. The lowest BCUT2D eigenvalue weighted by Crippen LogP contribution is -2.44. The molecule has 22 heavy (non-hydrogen) atoms. The lowest BCUT2D eigenvalue weighted by molar-refractivity contribution is -0.150. The zero-order chi connectivity index (χ0) is 16.3. The van der Waals surface area contributed by atoms with Gasteiger partial charge in [-0.15, -0.1) is 0 Å². The van der Waals surface area contributed by atoms with E-state index >= 15 is 0 Å². The molecule has 0 bridgehead atoms. The summed E-state index contributed by atoms with van der Waals surface area (Å²) in [6.45, 7) is 3.35. The number of alkyl halides is 1. The van der Waals surface area contributed by atoms with Crippen LogP contribution in [0.25, 0.3) is 0 Å². The largest absolute Gasteiger partial charge is 0.480 e. The van der Waals surface area contributed by atoms with Crippen LogP contribution in [0.2, 0.25) is 0 Å². The van der Waals surface area contributed by atoms with Gasteiger partial charge in [-0.05, 0) is 25.0 Å². The Labute approximate surface area is 128 Å². The molecule has 2 rings (SSSR count). The van der Waals surface area contributed by atoms with E-state index in [1.807, 2.05) is 25.1 Å². The second kappa shape index (κ2) is 6.34. The van der Waals surface area contributed by atoms with Crippen LogP contribution >= 0.6 is 0 Å². The van der Waals surface area contributed by atoms with Crippen LogP contribution in [-0.4, -0.2) is 46.7 Å². The van der Waals surface area contributed by atoms with Crippen molar-refractivity contribution in [3.05, 3.63) is 29.8 Å². The molecule has 1 heterocycles. The van der Waals surface area contributed by atoms with Crippen LogP contribution in [-0.2, 0) is 9.59 Å². The Hall–Kier alpha value is -2.11. The predicted octanol–water partition coefficient (Wildman–Crippen LogP) is 2.18. The number of ether oxygens (including phenoxy) is 1. The van der Waals surface area contributed by atoms with Crippen molar-refractivity contribution in [1.82, 2.24) is 4.90 Å². The molecule has 6 heteroatoms. The molecular weight excluding hydrogens is 289 g/mol. The summed E-state index contributed by atoms with van der Waals surface area (Å²) in [6.07, 6.45) is -0.498. The van der Waals surface area contributed by atoms with E-state index in [0.717, 1.165) is 5.56 Å². The second-order valence-corrected chi connectivity index (χ2v) is 5.56. The summed E-state index contributed by atoms with van der Waals surface area (Å²) >= 11 is 0. The van der Waals surface area contributed by atoms with Crippen LogP contribution in [0.15, 0.2) is 24.3 Å². The molecule has 1 fully saturated rings. The topological polar surface area (TPSA) is 66.8 Å². The summed E-state index contributed by atoms with van der Waals surface area (Å²) < 4.78 is 19.8. The molecule has 0 aromatic heterocycles. The smallest absolute Gasteiger partial charge is 0.343 e. The average Bonchev–Trinajstić information content (AvgIpc) is 2.90. The van der Waals surface area contributed by atoms with E-state index in [1.165, 1.54) is 4.90 Å². The standard InChI is InChI=1S/C16H20FNO4/c1-3-12(22-13-7-5-4-6-11(13)2)14(19)18-9-8-16(17,10-18)15(20)21/h4-7,12H,3,8-10H2,1-2H3,(H,20,21). The fourth-order valence-electron chi connectivity index (χ4n) is 2.49. The molecule has 120 valence electrons. The van der Waals surface area contributed by atoms with Gasteiger partial charge in [-0.1, -0.05) is 25.1 Å². The maximum atomic E-state index is 14.1. The number of amides is 1. The Morgan fingerprint density at radius 1 is 1.45 bits per heavy atom. The van der Waals surface area contributed by atoms with Gasteiger partial charge in [0.1, 0.15) is 5.75 Å². The highest BCUT2D eigenvalue weighted by Crippen LogP contribution is 2.27. The third-order valence-electron chi connectivity index (χ3n) is 3.92. The van der Waals surface area contributed by atoms with Gasteiger partial charge in [0.2, 0.25) is 5.67 Å². The molecule has 1 aliphatic rings. The van der Waals surface area contributed by atoms with Gasteiger partial charge in [-0.25, -0.2) is 9.18 Å². The van der Waals surface area contributed by atoms with Crippen LogP contribution in [0, 0.1) is 6.92 Å². The van der Waals surface area contributed by atoms with Crippen molar-refractivity contribution in [2.24, 2.45) is 0 Å². The van der Waals surface area contributed by atoms with Crippen LogP contribution in [0.1, 0.15) is 25.3 Å². The van der Waals surface area contributed by atoms with Crippen molar-refractivity contribution in [2.75, 3.05) is 13.1 Å². The Morgan fingerprint density at radius 2 is 2.14 bits per heavy atom. The first-order chi connectivity index (χ1) is 10.4. The number of aryl methyl sites for hydroxylation is 1. The van der Waals surface area contributed by atoms with Gasteiger partial charge in [0.25, 0.3) is 5.91 Å². The molecule has 1 aliphatic heterocycles. The quantitative estimate of drug-likeness (QED) is 0.905. The van der Waals surface area contributed by atoms with Crippen LogP contribution < -0.4 is 4.74 Å². The molecule has 1 amide bonds. The minimum absolute atomic E-state index is 0.0925. The van der Waals surface area contributed by atoms with Gasteiger partial charge in [0, 0.05) is 13.0 Å². The van der Waals surface area contributed by atoms with Crippen LogP contribution in [0.4, 0.5) is 4.39 Å². The second-order valence-electron chi connectivity index (χ2n) is 5.56. The molecule has 1 saturated heterocycles. The number of carboxylic acids is 1. The third-order valence-corrected chi connectivity index (χ3v) is 3.92. The lowest BCUT2D eigenvalue weighted by Gasteiger charge is -2.24. The maximum Gasteiger partial charge on any atom is 0.343 e. The Kier molecular flexibility index (Phi) is 4.68. The summed E-state index contributed by atoms with van der Waals surface area (Å²) in [7, 11) is 0. The van der Waals surface area contributed by atoms with Gasteiger partial charge < -0.3 is 14.7 Å². The normalized spacial score (nSPS) is 22.4. The summed E-state index contributed by atoms with van der Waals surface area (Å²) in [5, 5.41) is 8.90. The number of nitrogens with zero attached hydrogens (tertiary/aromatic N) is 1. The number of carboxylic acid groups (broad SMARTS) is 1. The molecule has 1 aromatic carbocycles. The average molecular weight is 309 g/mol. The predicted molar refractivity (Wildman–Crippen MR) is 78.6 cm³/mol. The van der Waals surface area contributed by atoms with E-state index in [0.29, 0.717) is 12.2 Å². The molecule has 0 aliphatic carbocycles. The highest BCUT2D eigenvalue weighted by molar-refractivity contribution is 5.84. The molecule has 2 unspecified atom stereocenters. The van der Waals surface area contributed by atoms with Crippen molar-refractivity contribution in [2.45, 2.75) is 38.5 Å². The number of halogens is 1. The fraction of sp³-hybridized carbons (Fsp3) is 0.500. The molecule has 1 aromatic rings. The molecule has 0 spiro atoms. The van der Waals surface area contributed by atoms with Crippen LogP contribution in [0.5, 0.6) is 5.75 Å². The summed E-state index contributed by atoms with van der Waals surface area (Å²) in [6, 6.07) is 7.33. The van der Waals surface area contributed by atoms with Gasteiger partial charge in [0.05, 0.1) is 6.54 Å². The number of hydrogen-bond donors (Lipinski definition) is 1. The van der Waals surface area contributed by atoms with Crippen molar-refractivity contribution in [1.29, 1.82) is 0 Å². The van der Waals surface area contributed by atoms with Crippen molar-refractivity contribution >= 4 is 11.9 Å². The number of aliphatic carboxylic acids is 1. The molecule has 2 atom stereocenters. The third kappa shape index (κ3) is 3.21. The van der Waals surface area contributed by atoms with E-state index in [1.54, 1.807) is 13.0 Å². The van der Waals surface area contributed by atoms with Crippen molar-refractivity contribution in [3.63, 3.8) is 0 Å². The Balaban J connectivity index is 2.07. The van der Waals surface area contributed by atoms with E-state index in [-0.39, 0.29) is 18.9 Å². The Morgan fingerprint density at radius 3 is 2.68 bits per heavy atom. The van der Waals surface area contributed by atoms with Gasteiger partial charge in [-0.2, -0.15) is 0 Å². The molecule has 5 nitrogen and oxygen atoms in total. The number of benzene rings is 1. The van der Waals surface area contributed by atoms with Crippen molar-refractivity contribution < 1.29 is 23.8 Å². The van der Waals surface area contributed by atoms with E-state index < -0.39 is 24.3 Å². The zero-order valence-electron chi connectivity index (χ0n) is 12.7. The first kappa shape index (κ1) is 16.3. The van der Waals surface area contributed by atoms with E-state index in [9.17, 15) is 14.0 Å². The Bertz CT molecular complexity index is 577. The number of carbonyl (C=O) groups is 2. The lowest BCUT2D eigenvalue weighted by atomic mass is 10.1. The number of para-hydroxylation sites is 1. The number of likely N-dealkylation sites (tertiary alicyclic amines) is 1. The first-order valence-corrected chi connectivity index (χ1v) is 7.31. The highest BCUT2D eigenvalue weighted by atomic mass is 19.1. The minimum atomic E-state index is -2.35. The molecule has 0 saturated carbocycles. The molecule has 0 radical (unpaired) electrons. The SMILES string of the molecule is CCC(Oc1ccccc1C)C(=O)N1CCC(F)(C(=O)O)C1. The summed E-state index contributed by atoms with van der Waals surface area (Å²) in [5.41, 5.74) is -1.45. The molecular formula is C16H20FNO4. The van der Waals surface area contributed by atoms with Crippen LogP contribution in [0.3, 0.4) is 0 Å². The van der Waals surface area contributed by atoms with Gasteiger partial charge >= 0.3 is 5.97 Å². The van der Waals surface area contributed by atoms with Gasteiger partial charge in [-0.3, -0.25) is 4.79 Å². The van der Waals surface area contributed by atoms with E-state index in [4.69, 9.17) is 9.84 Å². The fourth-order valence-corrected chi connectivity index (χ4v) is 2.49. The first-order valence-electron chi connectivity index (χ1n) is 7.31. The summed E-state index contributed by atoms with van der Waals surface area (Å²) in [4.78, 5) is 24.6. The molecule has 1 N–H and O–H groups in total. The van der Waals surface area contributed by atoms with Crippen molar-refractivity contribution in [3.8, 4) is 5.75 Å². The monoisotopic (exact) mass is 309 g/mol. The zero-order valence-corrected chi connectivity index (χ0v) is 12.7. The van der Waals surface area contributed by atoms with E-state index in [2.05, 4.69) is 0 Å². The maximum absolute atomic E-state index is 14.1. The number of hydrogen-bond acceptors (Lipinski definition) is 3.